The van der Waals surface area contributed by atoms with Gasteiger partial charge in [0.05, 0.1) is 11.0 Å². The maximum Gasteiger partial charge on any atom is 0.325 e. The molecule has 1 aliphatic heterocycles. The van der Waals surface area contributed by atoms with Crippen LogP contribution in [0.4, 0.5) is 4.79 Å². The van der Waals surface area contributed by atoms with Gasteiger partial charge in [0, 0.05) is 6.54 Å². The van der Waals surface area contributed by atoms with Crippen molar-refractivity contribution in [3.8, 4) is 0 Å². The van der Waals surface area contributed by atoms with Gasteiger partial charge in [-0.1, -0.05) is 0 Å². The van der Waals surface area contributed by atoms with E-state index in [9.17, 15) is 18.0 Å². The molecule has 98 valence electrons. The van der Waals surface area contributed by atoms with Gasteiger partial charge in [0.1, 0.15) is 6.04 Å². The number of carboxylic acids is 1. The van der Waals surface area contributed by atoms with Crippen molar-refractivity contribution < 1.29 is 23.1 Å². The topological polar surface area (TPSA) is 113 Å². The average molecular weight is 264 g/mol. The minimum absolute atomic E-state index is 0.0283. The number of hydrogen-bond acceptors (Lipinski definition) is 4. The lowest BCUT2D eigenvalue weighted by atomic mass is 10.2. The minimum atomic E-state index is -3.09. The average Bonchev–Trinajstić information content (AvgIpc) is 2.54. The highest BCUT2D eigenvalue weighted by Gasteiger charge is 2.31. The Hall–Kier alpha value is -1.31. The summed E-state index contributed by atoms with van der Waals surface area (Å²) in [5.41, 5.74) is 0. The highest BCUT2D eigenvalue weighted by atomic mass is 32.2. The van der Waals surface area contributed by atoms with Crippen LogP contribution in [0.5, 0.6) is 0 Å². The third kappa shape index (κ3) is 3.88. The summed E-state index contributed by atoms with van der Waals surface area (Å²) in [7, 11) is -3.09. The number of carbonyl (C=O) groups is 2. The lowest BCUT2D eigenvalue weighted by molar-refractivity contribution is -0.138. The van der Waals surface area contributed by atoms with Crippen molar-refractivity contribution in [2.75, 3.05) is 12.3 Å². The van der Waals surface area contributed by atoms with E-state index in [2.05, 4.69) is 10.6 Å². The van der Waals surface area contributed by atoms with Crippen molar-refractivity contribution in [1.82, 2.24) is 10.6 Å². The molecule has 1 heterocycles. The fourth-order valence-electron chi connectivity index (χ4n) is 1.60. The van der Waals surface area contributed by atoms with Crippen LogP contribution in [0, 0.1) is 0 Å². The Morgan fingerprint density at radius 2 is 2.12 bits per heavy atom. The van der Waals surface area contributed by atoms with Crippen LogP contribution in [0.1, 0.15) is 19.8 Å². The van der Waals surface area contributed by atoms with Gasteiger partial charge < -0.3 is 15.7 Å². The molecule has 17 heavy (non-hydrogen) atoms. The predicted octanol–water partition coefficient (Wildman–Crippen LogP) is -0.664. The van der Waals surface area contributed by atoms with Gasteiger partial charge >= 0.3 is 12.0 Å². The van der Waals surface area contributed by atoms with E-state index in [-0.39, 0.29) is 12.3 Å². The number of amides is 2. The van der Waals surface area contributed by atoms with E-state index in [1.165, 1.54) is 6.92 Å². The summed E-state index contributed by atoms with van der Waals surface area (Å²) in [6.07, 6.45) is 1.15. The summed E-state index contributed by atoms with van der Waals surface area (Å²) >= 11 is 0. The number of urea groups is 1. The lowest BCUT2D eigenvalue weighted by Crippen LogP contribution is -2.46. The van der Waals surface area contributed by atoms with Crippen molar-refractivity contribution in [3.63, 3.8) is 0 Å². The molecule has 0 aliphatic carbocycles. The minimum Gasteiger partial charge on any atom is -0.480 e. The van der Waals surface area contributed by atoms with Gasteiger partial charge in [-0.15, -0.1) is 0 Å². The molecule has 0 spiro atoms. The summed E-state index contributed by atoms with van der Waals surface area (Å²) in [6.45, 7) is 1.36. The van der Waals surface area contributed by atoms with Crippen LogP contribution in [0.2, 0.25) is 0 Å². The molecule has 1 rings (SSSR count). The maximum atomic E-state index is 11.4. The Morgan fingerprint density at radius 1 is 1.47 bits per heavy atom. The van der Waals surface area contributed by atoms with E-state index in [1.54, 1.807) is 0 Å². The molecule has 8 heteroatoms. The maximum absolute atomic E-state index is 11.4. The number of carboxylic acid groups (broad SMARTS) is 1. The van der Waals surface area contributed by atoms with Crippen molar-refractivity contribution in [2.24, 2.45) is 0 Å². The van der Waals surface area contributed by atoms with E-state index < -0.39 is 33.1 Å². The van der Waals surface area contributed by atoms with Gasteiger partial charge in [-0.2, -0.15) is 0 Å². The summed E-state index contributed by atoms with van der Waals surface area (Å²) < 4.78 is 22.9. The number of sulfone groups is 1. The van der Waals surface area contributed by atoms with E-state index >= 15 is 0 Å². The second kappa shape index (κ2) is 5.35. The van der Waals surface area contributed by atoms with Gasteiger partial charge in [0.25, 0.3) is 0 Å². The molecule has 0 saturated carbocycles. The number of nitrogens with one attached hydrogen (secondary N) is 2. The van der Waals surface area contributed by atoms with Crippen LogP contribution in [0.25, 0.3) is 0 Å². The molecule has 0 bridgehead atoms. The van der Waals surface area contributed by atoms with Crippen LogP contribution in [-0.4, -0.2) is 49.1 Å². The largest absolute Gasteiger partial charge is 0.480 e. The third-order valence-electron chi connectivity index (χ3n) is 2.67. The molecule has 7 nitrogen and oxygen atoms in total. The quantitative estimate of drug-likeness (QED) is 0.623. The van der Waals surface area contributed by atoms with Gasteiger partial charge in [-0.25, -0.2) is 13.2 Å². The molecule has 2 amide bonds. The van der Waals surface area contributed by atoms with Crippen LogP contribution >= 0.6 is 0 Å². The summed E-state index contributed by atoms with van der Waals surface area (Å²) in [6, 6.07) is -1.67. The Kier molecular flexibility index (Phi) is 4.33. The Morgan fingerprint density at radius 3 is 2.59 bits per heavy atom. The van der Waals surface area contributed by atoms with Gasteiger partial charge in [0.15, 0.2) is 9.84 Å². The molecule has 0 aromatic carbocycles. The summed E-state index contributed by atoms with van der Waals surface area (Å²) in [5.74, 6) is -0.986. The van der Waals surface area contributed by atoms with Crippen molar-refractivity contribution >= 4 is 21.8 Å². The zero-order chi connectivity index (χ0) is 13.1. The van der Waals surface area contributed by atoms with Crippen molar-refractivity contribution in [3.05, 3.63) is 0 Å². The van der Waals surface area contributed by atoms with Gasteiger partial charge in [0.2, 0.25) is 0 Å². The van der Waals surface area contributed by atoms with Gasteiger partial charge in [-0.3, -0.25) is 4.79 Å². The standard InChI is InChI=1S/C9H16N2O5S/c1-6(8(12)13)11-9(14)10-5-7-3-2-4-17(7,15)16/h6-7H,2-5H2,1H3,(H,12,13)(H2,10,11,14)/t6-,7?/m0/s1. The highest BCUT2D eigenvalue weighted by Crippen LogP contribution is 2.18. The monoisotopic (exact) mass is 264 g/mol. The molecule has 1 aliphatic rings. The number of rotatable bonds is 4. The van der Waals surface area contributed by atoms with E-state index in [0.717, 1.165) is 0 Å². The molecular weight excluding hydrogens is 248 g/mol. The fraction of sp³-hybridized carbons (Fsp3) is 0.778. The zero-order valence-electron chi connectivity index (χ0n) is 9.47. The van der Waals surface area contributed by atoms with Crippen LogP contribution in [-0.2, 0) is 14.6 Å². The molecule has 3 N–H and O–H groups in total. The Bertz CT molecular complexity index is 406. The first-order valence-electron chi connectivity index (χ1n) is 5.31. The molecule has 0 aromatic heterocycles. The van der Waals surface area contributed by atoms with Crippen molar-refractivity contribution in [1.29, 1.82) is 0 Å². The first kappa shape index (κ1) is 13.8. The number of hydrogen-bond donors (Lipinski definition) is 3. The molecule has 0 aromatic rings. The molecule has 1 unspecified atom stereocenters. The first-order valence-corrected chi connectivity index (χ1v) is 7.03. The molecule has 1 saturated heterocycles. The second-order valence-corrected chi connectivity index (χ2v) is 6.45. The smallest absolute Gasteiger partial charge is 0.325 e. The predicted molar refractivity (Wildman–Crippen MR) is 60.4 cm³/mol. The number of carbonyl (C=O) groups excluding carboxylic acids is 1. The Labute approximate surface area is 99.5 Å². The summed E-state index contributed by atoms with van der Waals surface area (Å²) in [4.78, 5) is 21.7. The Balaban J connectivity index is 2.36. The second-order valence-electron chi connectivity index (χ2n) is 4.05. The zero-order valence-corrected chi connectivity index (χ0v) is 10.3. The lowest BCUT2D eigenvalue weighted by Gasteiger charge is -2.13. The number of aliphatic carboxylic acids is 1. The van der Waals surface area contributed by atoms with E-state index in [0.29, 0.717) is 12.8 Å². The molecule has 1 fully saturated rings. The molecule has 2 atom stereocenters. The molecular formula is C9H16N2O5S. The SMILES string of the molecule is C[C@H](NC(=O)NCC1CCCS1(=O)=O)C(=O)O. The van der Waals surface area contributed by atoms with Crippen molar-refractivity contribution in [2.45, 2.75) is 31.1 Å². The fourth-order valence-corrected chi connectivity index (χ4v) is 3.37. The van der Waals surface area contributed by atoms with E-state index in [4.69, 9.17) is 5.11 Å². The van der Waals surface area contributed by atoms with Crippen LogP contribution in [0.15, 0.2) is 0 Å². The third-order valence-corrected chi connectivity index (χ3v) is 4.95. The first-order chi connectivity index (χ1) is 7.83. The van der Waals surface area contributed by atoms with E-state index in [1.807, 2.05) is 0 Å². The van der Waals surface area contributed by atoms with Gasteiger partial charge in [-0.05, 0) is 19.8 Å². The molecule has 0 radical (unpaired) electrons. The summed E-state index contributed by atoms with van der Waals surface area (Å²) in [5, 5.41) is 12.6. The van der Waals surface area contributed by atoms with Crippen LogP contribution < -0.4 is 10.6 Å². The highest BCUT2D eigenvalue weighted by molar-refractivity contribution is 7.92. The van der Waals surface area contributed by atoms with Crippen LogP contribution in [0.3, 0.4) is 0 Å². The normalized spacial score (nSPS) is 23.9.